The van der Waals surface area contributed by atoms with E-state index in [0.29, 0.717) is 5.75 Å². The highest BCUT2D eigenvalue weighted by Crippen LogP contribution is 2.31. The van der Waals surface area contributed by atoms with Crippen LogP contribution in [0.2, 0.25) is 0 Å². The summed E-state index contributed by atoms with van der Waals surface area (Å²) in [5, 5.41) is -0.0565. The number of esters is 1. The van der Waals surface area contributed by atoms with Gasteiger partial charge in [-0.3, -0.25) is 9.59 Å². The van der Waals surface area contributed by atoms with Crippen LogP contribution in [-0.4, -0.2) is 36.4 Å². The van der Waals surface area contributed by atoms with Gasteiger partial charge in [0.2, 0.25) is 5.91 Å². The van der Waals surface area contributed by atoms with Gasteiger partial charge in [0.15, 0.2) is 16.7 Å². The minimum atomic E-state index is -1.19. The number of anilines is 1. The van der Waals surface area contributed by atoms with E-state index in [1.165, 1.54) is 11.8 Å². The first kappa shape index (κ1) is 17.4. The van der Waals surface area contributed by atoms with Crippen LogP contribution in [-0.2, 0) is 14.3 Å². The molecule has 23 heavy (non-hydrogen) atoms. The van der Waals surface area contributed by atoms with Crippen LogP contribution < -0.4 is 4.90 Å². The summed E-state index contributed by atoms with van der Waals surface area (Å²) in [4.78, 5) is 36.2. The highest BCUT2D eigenvalue weighted by molar-refractivity contribution is 8.13. The monoisotopic (exact) mass is 343 g/mol. The lowest BCUT2D eigenvalue weighted by Gasteiger charge is -2.20. The number of rotatable bonds is 4. The first-order valence-electron chi connectivity index (χ1n) is 6.84. The summed E-state index contributed by atoms with van der Waals surface area (Å²) >= 11 is 1.10. The fourth-order valence-electron chi connectivity index (χ4n) is 2.39. The lowest BCUT2D eigenvalue weighted by atomic mass is 10.1. The van der Waals surface area contributed by atoms with E-state index in [4.69, 9.17) is 0 Å². The van der Waals surface area contributed by atoms with Gasteiger partial charge in [0.25, 0.3) is 0 Å². The number of hydrogen-bond acceptors (Lipinski definition) is 5. The summed E-state index contributed by atoms with van der Waals surface area (Å²) in [7, 11) is 1.12. The zero-order chi connectivity index (χ0) is 17.1. The molecule has 124 valence electrons. The fourth-order valence-corrected chi connectivity index (χ4v) is 3.09. The van der Waals surface area contributed by atoms with Crippen LogP contribution in [0.3, 0.4) is 0 Å². The third-order valence-corrected chi connectivity index (χ3v) is 4.51. The van der Waals surface area contributed by atoms with Crippen molar-refractivity contribution in [3.63, 3.8) is 0 Å². The van der Waals surface area contributed by atoms with Gasteiger partial charge < -0.3 is 9.64 Å². The molecule has 5 nitrogen and oxygen atoms in total. The molecule has 8 heteroatoms. The van der Waals surface area contributed by atoms with Crippen molar-refractivity contribution in [2.75, 3.05) is 24.3 Å². The normalized spacial score (nSPS) is 17.5. The van der Waals surface area contributed by atoms with Crippen molar-refractivity contribution in [3.05, 3.63) is 29.3 Å². The molecule has 0 saturated carbocycles. The molecule has 1 aliphatic rings. The third-order valence-electron chi connectivity index (χ3n) is 3.46. The van der Waals surface area contributed by atoms with Gasteiger partial charge in [-0.1, -0.05) is 11.8 Å². The van der Waals surface area contributed by atoms with Crippen molar-refractivity contribution >= 4 is 34.4 Å². The quantitative estimate of drug-likeness (QED) is 0.786. The molecule has 1 unspecified atom stereocenters. The molecule has 1 amide bonds. The lowest BCUT2D eigenvalue weighted by Crippen LogP contribution is -2.27. The topological polar surface area (TPSA) is 63.7 Å². The van der Waals surface area contributed by atoms with E-state index >= 15 is 0 Å². The van der Waals surface area contributed by atoms with Crippen molar-refractivity contribution in [1.82, 2.24) is 0 Å². The Hall–Kier alpha value is -1.96. The number of methoxy groups -OCH3 is 1. The Morgan fingerprint density at radius 2 is 2.00 bits per heavy atom. The number of thioether (sulfide) groups is 1. The van der Waals surface area contributed by atoms with Gasteiger partial charge >= 0.3 is 5.97 Å². The predicted octanol–water partition coefficient (Wildman–Crippen LogP) is 2.38. The number of amides is 1. The Morgan fingerprint density at radius 3 is 2.61 bits per heavy atom. The molecule has 0 spiro atoms. The SMILES string of the molecule is COC(=O)c1cc(F)c(F)cc1N1CC(CSC(C)=O)CC1=O. The first-order valence-corrected chi connectivity index (χ1v) is 7.83. The van der Waals surface area contributed by atoms with Crippen LogP contribution in [0.15, 0.2) is 12.1 Å². The van der Waals surface area contributed by atoms with Crippen molar-refractivity contribution in [1.29, 1.82) is 0 Å². The standard InChI is InChI=1S/C15H15F2NO4S/c1-8(19)23-7-9-3-14(20)18(6-9)13-5-12(17)11(16)4-10(13)15(21)22-2/h4-5,9H,3,6-7H2,1-2H3. The van der Waals surface area contributed by atoms with Gasteiger partial charge in [0, 0.05) is 31.7 Å². The highest BCUT2D eigenvalue weighted by atomic mass is 32.2. The molecule has 1 heterocycles. The number of nitrogens with zero attached hydrogens (tertiary/aromatic N) is 1. The predicted molar refractivity (Wildman–Crippen MR) is 81.3 cm³/mol. The fraction of sp³-hybridized carbons (Fsp3) is 0.400. The Balaban J connectivity index is 2.30. The molecule has 1 aromatic carbocycles. The number of halogens is 2. The van der Waals surface area contributed by atoms with Gasteiger partial charge in [-0.2, -0.15) is 0 Å². The van der Waals surface area contributed by atoms with Gasteiger partial charge in [-0.05, 0) is 12.0 Å². The average Bonchev–Trinajstić information content (AvgIpc) is 2.87. The largest absolute Gasteiger partial charge is 0.465 e. The number of ether oxygens (including phenoxy) is 1. The first-order chi connectivity index (χ1) is 10.8. The minimum absolute atomic E-state index is 0.0175. The molecule has 1 saturated heterocycles. The summed E-state index contributed by atoms with van der Waals surface area (Å²) in [6, 6.07) is 1.54. The number of carbonyl (C=O) groups excluding carboxylic acids is 3. The van der Waals surface area contributed by atoms with E-state index < -0.39 is 17.6 Å². The Bertz CT molecular complexity index is 665. The van der Waals surface area contributed by atoms with Crippen molar-refractivity contribution in [2.45, 2.75) is 13.3 Å². The van der Waals surface area contributed by atoms with E-state index in [0.717, 1.165) is 31.0 Å². The maximum Gasteiger partial charge on any atom is 0.340 e. The molecular weight excluding hydrogens is 328 g/mol. The summed E-state index contributed by atoms with van der Waals surface area (Å²) in [6.45, 7) is 1.66. The number of hydrogen-bond donors (Lipinski definition) is 0. The second-order valence-electron chi connectivity index (χ2n) is 5.15. The maximum absolute atomic E-state index is 13.5. The van der Waals surface area contributed by atoms with E-state index in [2.05, 4.69) is 4.74 Å². The molecule has 1 aromatic rings. The van der Waals surface area contributed by atoms with E-state index in [1.807, 2.05) is 0 Å². The molecule has 0 radical (unpaired) electrons. The molecule has 2 rings (SSSR count). The molecule has 1 atom stereocenters. The third kappa shape index (κ3) is 3.87. The summed E-state index contributed by atoms with van der Waals surface area (Å²) in [5.74, 6) is -3.15. The molecule has 0 aromatic heterocycles. The molecular formula is C15H15F2NO4S. The van der Waals surface area contributed by atoms with Crippen LogP contribution in [0.5, 0.6) is 0 Å². The second kappa shape index (κ2) is 7.08. The minimum Gasteiger partial charge on any atom is -0.465 e. The van der Waals surface area contributed by atoms with Crippen LogP contribution in [0, 0.1) is 17.6 Å². The average molecular weight is 343 g/mol. The molecule has 0 bridgehead atoms. The van der Waals surface area contributed by atoms with Crippen LogP contribution in [0.1, 0.15) is 23.7 Å². The zero-order valence-corrected chi connectivity index (χ0v) is 13.4. The smallest absolute Gasteiger partial charge is 0.340 e. The lowest BCUT2D eigenvalue weighted by molar-refractivity contribution is -0.117. The molecule has 0 aliphatic carbocycles. The number of benzene rings is 1. The Morgan fingerprint density at radius 1 is 1.35 bits per heavy atom. The van der Waals surface area contributed by atoms with Crippen molar-refractivity contribution in [2.24, 2.45) is 5.92 Å². The van der Waals surface area contributed by atoms with Gasteiger partial charge in [0.1, 0.15) is 0 Å². The second-order valence-corrected chi connectivity index (χ2v) is 6.35. The summed E-state index contributed by atoms with van der Waals surface area (Å²) < 4.78 is 31.5. The Kier molecular flexibility index (Phi) is 5.35. The molecule has 1 fully saturated rings. The maximum atomic E-state index is 13.5. The van der Waals surface area contributed by atoms with Crippen LogP contribution in [0.25, 0.3) is 0 Å². The van der Waals surface area contributed by atoms with Crippen LogP contribution in [0.4, 0.5) is 14.5 Å². The molecule has 0 N–H and O–H groups in total. The summed E-state index contributed by atoms with van der Waals surface area (Å²) in [5.41, 5.74) is -0.226. The van der Waals surface area contributed by atoms with Gasteiger partial charge in [0.05, 0.1) is 18.4 Å². The summed E-state index contributed by atoms with van der Waals surface area (Å²) in [6.07, 6.45) is 0.180. The highest BCUT2D eigenvalue weighted by Gasteiger charge is 2.34. The van der Waals surface area contributed by atoms with E-state index in [1.54, 1.807) is 0 Å². The van der Waals surface area contributed by atoms with Crippen molar-refractivity contribution < 1.29 is 27.9 Å². The zero-order valence-electron chi connectivity index (χ0n) is 12.6. The van der Waals surface area contributed by atoms with E-state index in [-0.39, 0.29) is 41.2 Å². The number of carbonyl (C=O) groups is 3. The van der Waals surface area contributed by atoms with Gasteiger partial charge in [-0.25, -0.2) is 13.6 Å². The van der Waals surface area contributed by atoms with Gasteiger partial charge in [-0.15, -0.1) is 0 Å². The van der Waals surface area contributed by atoms with Crippen molar-refractivity contribution in [3.8, 4) is 0 Å². The van der Waals surface area contributed by atoms with Crippen LogP contribution >= 0.6 is 11.8 Å². The molecule has 1 aliphatic heterocycles. The van der Waals surface area contributed by atoms with E-state index in [9.17, 15) is 23.2 Å². The Labute approximate surface area is 136 Å².